The van der Waals surface area contributed by atoms with E-state index in [9.17, 15) is 4.79 Å². The lowest BCUT2D eigenvalue weighted by Crippen LogP contribution is -2.41. The summed E-state index contributed by atoms with van der Waals surface area (Å²) >= 11 is 0. The van der Waals surface area contributed by atoms with Crippen LogP contribution in [0.15, 0.2) is 12.1 Å². The lowest BCUT2D eigenvalue weighted by atomic mass is 9.75. The molecule has 6 heteroatoms. The van der Waals surface area contributed by atoms with Gasteiger partial charge in [-0.05, 0) is 51.7 Å². The number of esters is 1. The van der Waals surface area contributed by atoms with Crippen molar-refractivity contribution in [3.8, 4) is 0 Å². The van der Waals surface area contributed by atoms with E-state index < -0.39 is 24.3 Å². The fourth-order valence-electron chi connectivity index (χ4n) is 2.20. The number of rotatable bonds is 2. The molecular formula is C15H22BNO4. The van der Waals surface area contributed by atoms with Gasteiger partial charge in [-0.3, -0.25) is 0 Å². The van der Waals surface area contributed by atoms with Crippen molar-refractivity contribution in [3.05, 3.63) is 23.3 Å². The molecule has 0 unspecified atom stereocenters. The SMILES string of the molecule is COC(=O)c1cc(N)c(C)cc1B1OC(C)(C)C(C)(C)O1. The molecule has 1 aromatic rings. The number of aryl methyl sites for hydroxylation is 1. The second-order valence-electron chi connectivity index (χ2n) is 6.38. The van der Waals surface area contributed by atoms with Gasteiger partial charge in [0.15, 0.2) is 0 Å². The first-order valence-corrected chi connectivity index (χ1v) is 6.93. The second-order valence-corrected chi connectivity index (χ2v) is 6.38. The fourth-order valence-corrected chi connectivity index (χ4v) is 2.20. The van der Waals surface area contributed by atoms with E-state index in [0.29, 0.717) is 16.7 Å². The van der Waals surface area contributed by atoms with E-state index in [2.05, 4.69) is 0 Å². The van der Waals surface area contributed by atoms with Crippen LogP contribution < -0.4 is 11.2 Å². The van der Waals surface area contributed by atoms with Crippen LogP contribution in [0.5, 0.6) is 0 Å². The van der Waals surface area contributed by atoms with Crippen LogP contribution in [-0.2, 0) is 14.0 Å². The lowest BCUT2D eigenvalue weighted by Gasteiger charge is -2.32. The first-order valence-electron chi connectivity index (χ1n) is 6.93. The Balaban J connectivity index is 2.50. The average molecular weight is 291 g/mol. The van der Waals surface area contributed by atoms with Gasteiger partial charge in [0, 0.05) is 5.69 Å². The van der Waals surface area contributed by atoms with E-state index >= 15 is 0 Å². The van der Waals surface area contributed by atoms with Crippen LogP contribution in [0.3, 0.4) is 0 Å². The number of ether oxygens (including phenoxy) is 1. The predicted octanol–water partition coefficient (Wildman–Crippen LogP) is 1.66. The zero-order chi connectivity index (χ0) is 16.0. The van der Waals surface area contributed by atoms with Crippen molar-refractivity contribution in [2.24, 2.45) is 0 Å². The number of anilines is 1. The summed E-state index contributed by atoms with van der Waals surface area (Å²) in [5.41, 5.74) is 7.38. The van der Waals surface area contributed by atoms with Gasteiger partial charge >= 0.3 is 13.1 Å². The molecule has 0 bridgehead atoms. The van der Waals surface area contributed by atoms with Gasteiger partial charge in [0.05, 0.1) is 23.9 Å². The highest BCUT2D eigenvalue weighted by molar-refractivity contribution is 6.63. The van der Waals surface area contributed by atoms with Gasteiger partial charge < -0.3 is 19.8 Å². The zero-order valence-corrected chi connectivity index (χ0v) is 13.4. The van der Waals surface area contributed by atoms with Crippen LogP contribution in [0.2, 0.25) is 0 Å². The number of carbonyl (C=O) groups is 1. The fraction of sp³-hybridized carbons (Fsp3) is 0.533. The smallest absolute Gasteiger partial charge is 0.465 e. The summed E-state index contributed by atoms with van der Waals surface area (Å²) in [6, 6.07) is 3.44. The van der Waals surface area contributed by atoms with E-state index in [4.69, 9.17) is 19.8 Å². The van der Waals surface area contributed by atoms with Crippen molar-refractivity contribution in [2.75, 3.05) is 12.8 Å². The molecule has 0 aromatic heterocycles. The third kappa shape index (κ3) is 2.65. The first kappa shape index (κ1) is 15.9. The molecule has 2 rings (SSSR count). The lowest BCUT2D eigenvalue weighted by molar-refractivity contribution is 0.00578. The van der Waals surface area contributed by atoms with Crippen molar-refractivity contribution in [2.45, 2.75) is 45.8 Å². The van der Waals surface area contributed by atoms with Gasteiger partial charge in [-0.15, -0.1) is 0 Å². The minimum Gasteiger partial charge on any atom is -0.465 e. The number of hydrogen-bond donors (Lipinski definition) is 1. The van der Waals surface area contributed by atoms with Gasteiger partial charge in [0.1, 0.15) is 0 Å². The number of nitrogens with two attached hydrogens (primary N) is 1. The van der Waals surface area contributed by atoms with E-state index in [1.165, 1.54) is 7.11 Å². The molecule has 0 saturated carbocycles. The van der Waals surface area contributed by atoms with E-state index in [0.717, 1.165) is 5.56 Å². The van der Waals surface area contributed by atoms with Gasteiger partial charge in [0.2, 0.25) is 0 Å². The third-order valence-corrected chi connectivity index (χ3v) is 4.35. The highest BCUT2D eigenvalue weighted by Gasteiger charge is 2.52. The maximum Gasteiger partial charge on any atom is 0.495 e. The first-order chi connectivity index (χ1) is 9.59. The molecule has 1 aliphatic rings. The van der Waals surface area contributed by atoms with Crippen LogP contribution in [-0.4, -0.2) is 31.4 Å². The standard InChI is InChI=1S/C15H22BNO4/c1-9-7-11(10(8-12(9)17)13(18)19-6)16-20-14(2,3)15(4,5)21-16/h7-8H,17H2,1-6H3. The number of benzene rings is 1. The van der Waals surface area contributed by atoms with E-state index in [-0.39, 0.29) is 0 Å². The topological polar surface area (TPSA) is 70.8 Å². The molecule has 0 radical (unpaired) electrons. The maximum absolute atomic E-state index is 12.0. The number of carbonyl (C=O) groups excluding carboxylic acids is 1. The Labute approximate surface area is 125 Å². The molecule has 1 aromatic carbocycles. The van der Waals surface area contributed by atoms with Crippen molar-refractivity contribution < 1.29 is 18.8 Å². The van der Waals surface area contributed by atoms with E-state index in [1.54, 1.807) is 6.07 Å². The Morgan fingerprint density at radius 2 is 1.71 bits per heavy atom. The zero-order valence-electron chi connectivity index (χ0n) is 13.4. The number of methoxy groups -OCH3 is 1. The van der Waals surface area contributed by atoms with Crippen molar-refractivity contribution in [3.63, 3.8) is 0 Å². The molecule has 0 amide bonds. The highest BCUT2D eigenvalue weighted by atomic mass is 16.7. The molecule has 0 aliphatic carbocycles. The van der Waals surface area contributed by atoms with Crippen LogP contribution in [0.25, 0.3) is 0 Å². The molecule has 1 aliphatic heterocycles. The van der Waals surface area contributed by atoms with Gasteiger partial charge in [0.25, 0.3) is 0 Å². The molecule has 2 N–H and O–H groups in total. The van der Waals surface area contributed by atoms with Crippen LogP contribution in [0.4, 0.5) is 5.69 Å². The van der Waals surface area contributed by atoms with E-state index in [1.807, 2.05) is 40.7 Å². The van der Waals surface area contributed by atoms with Crippen molar-refractivity contribution >= 4 is 24.2 Å². The molecule has 0 spiro atoms. The normalized spacial score (nSPS) is 19.6. The van der Waals surface area contributed by atoms with Crippen molar-refractivity contribution in [1.82, 2.24) is 0 Å². The summed E-state index contributed by atoms with van der Waals surface area (Å²) in [4.78, 5) is 12.0. The summed E-state index contributed by atoms with van der Waals surface area (Å²) in [7, 11) is 0.718. The van der Waals surface area contributed by atoms with Gasteiger partial charge in [-0.2, -0.15) is 0 Å². The monoisotopic (exact) mass is 291 g/mol. The molecular weight excluding hydrogens is 269 g/mol. The van der Waals surface area contributed by atoms with Crippen molar-refractivity contribution in [1.29, 1.82) is 0 Å². The van der Waals surface area contributed by atoms with Crippen LogP contribution in [0, 0.1) is 6.92 Å². The predicted molar refractivity (Wildman–Crippen MR) is 82.6 cm³/mol. The molecule has 1 fully saturated rings. The number of nitrogen functional groups attached to an aromatic ring is 1. The molecule has 114 valence electrons. The maximum atomic E-state index is 12.0. The van der Waals surface area contributed by atoms with Crippen LogP contribution in [0.1, 0.15) is 43.6 Å². The summed E-state index contributed by atoms with van der Waals surface area (Å²) in [5, 5.41) is 0. The summed E-state index contributed by atoms with van der Waals surface area (Å²) in [6.07, 6.45) is 0. The summed E-state index contributed by atoms with van der Waals surface area (Å²) in [6.45, 7) is 9.75. The average Bonchev–Trinajstić information content (AvgIpc) is 2.60. The Morgan fingerprint density at radius 3 is 2.19 bits per heavy atom. The number of hydrogen-bond acceptors (Lipinski definition) is 5. The molecule has 5 nitrogen and oxygen atoms in total. The minimum atomic E-state index is -0.622. The Hall–Kier alpha value is -1.53. The molecule has 1 saturated heterocycles. The Kier molecular flexibility index (Phi) is 3.80. The molecule has 1 heterocycles. The third-order valence-electron chi connectivity index (χ3n) is 4.35. The minimum absolute atomic E-state index is 0.374. The van der Waals surface area contributed by atoms with Gasteiger partial charge in [-0.25, -0.2) is 4.79 Å². The molecule has 21 heavy (non-hydrogen) atoms. The summed E-state index contributed by atoms with van der Waals surface area (Å²) < 4.78 is 16.8. The molecule has 0 atom stereocenters. The second kappa shape index (κ2) is 5.03. The quantitative estimate of drug-likeness (QED) is 0.510. The Morgan fingerprint density at radius 1 is 1.19 bits per heavy atom. The van der Waals surface area contributed by atoms with Gasteiger partial charge in [-0.1, -0.05) is 6.07 Å². The largest absolute Gasteiger partial charge is 0.495 e. The Bertz CT molecular complexity index is 567. The highest BCUT2D eigenvalue weighted by Crippen LogP contribution is 2.37. The summed E-state index contributed by atoms with van der Waals surface area (Å²) in [5.74, 6) is -0.452. The van der Waals surface area contributed by atoms with Crippen LogP contribution >= 0.6 is 0 Å².